The van der Waals surface area contributed by atoms with Crippen LogP contribution in [-0.2, 0) is 16.5 Å². The van der Waals surface area contributed by atoms with Gasteiger partial charge in [-0.2, -0.15) is 5.10 Å². The lowest BCUT2D eigenvalue weighted by Gasteiger charge is -2.29. The molecule has 0 saturated carbocycles. The van der Waals surface area contributed by atoms with Crippen LogP contribution >= 0.6 is 0 Å². The second-order valence-corrected chi connectivity index (χ2v) is 6.09. The Labute approximate surface area is 146 Å². The third kappa shape index (κ3) is 4.14. The van der Waals surface area contributed by atoms with Crippen LogP contribution in [0.4, 0.5) is 5.95 Å². The van der Waals surface area contributed by atoms with Gasteiger partial charge in [0.2, 0.25) is 5.95 Å². The van der Waals surface area contributed by atoms with Crippen LogP contribution < -0.4 is 5.32 Å². The van der Waals surface area contributed by atoms with Crippen LogP contribution in [0.25, 0.3) is 0 Å². The molecule has 0 radical (unpaired) electrons. The molecule has 25 heavy (non-hydrogen) atoms. The number of aryl methyl sites for hydroxylation is 2. The van der Waals surface area contributed by atoms with E-state index in [0.717, 1.165) is 18.4 Å². The highest BCUT2D eigenvalue weighted by Crippen LogP contribution is 2.29. The summed E-state index contributed by atoms with van der Waals surface area (Å²) in [6, 6.07) is 0.201. The van der Waals surface area contributed by atoms with Crippen LogP contribution in [0.2, 0.25) is 0 Å². The molecular formula is C17H23N5O3. The Hall–Kier alpha value is -2.48. The summed E-state index contributed by atoms with van der Waals surface area (Å²) < 4.78 is 12.6. The fourth-order valence-electron chi connectivity index (χ4n) is 2.90. The van der Waals surface area contributed by atoms with Gasteiger partial charge in [0.15, 0.2) is 0 Å². The second-order valence-electron chi connectivity index (χ2n) is 6.09. The van der Waals surface area contributed by atoms with Crippen molar-refractivity contribution in [1.29, 1.82) is 0 Å². The van der Waals surface area contributed by atoms with Crippen LogP contribution in [0, 0.1) is 6.92 Å². The number of nitrogens with zero attached hydrogens (tertiary/aromatic N) is 4. The average Bonchev–Trinajstić information content (AvgIpc) is 3.02. The molecule has 8 heteroatoms. The van der Waals surface area contributed by atoms with Gasteiger partial charge in [-0.3, -0.25) is 4.68 Å². The number of esters is 1. The number of hydrogen-bond donors (Lipinski definition) is 1. The van der Waals surface area contributed by atoms with E-state index < -0.39 is 5.97 Å². The Morgan fingerprint density at radius 3 is 3.00 bits per heavy atom. The molecule has 1 N–H and O–H groups in total. The Morgan fingerprint density at radius 2 is 2.32 bits per heavy atom. The van der Waals surface area contributed by atoms with Crippen molar-refractivity contribution in [2.24, 2.45) is 7.05 Å². The summed E-state index contributed by atoms with van der Waals surface area (Å²) in [6.07, 6.45) is 7.02. The molecule has 0 aliphatic carbocycles. The highest BCUT2D eigenvalue weighted by Gasteiger charge is 2.25. The predicted molar refractivity (Wildman–Crippen MR) is 91.3 cm³/mol. The molecule has 2 aromatic rings. The SMILES string of the molecule is CCOC(=O)c1cnc(NC2CCOC(c3cnn(C)c3)C2)nc1C. The topological polar surface area (TPSA) is 91.2 Å². The lowest BCUT2D eigenvalue weighted by Crippen LogP contribution is -2.30. The van der Waals surface area contributed by atoms with Crippen LogP contribution in [0.1, 0.15) is 47.5 Å². The Kier molecular flexibility index (Phi) is 5.28. The quantitative estimate of drug-likeness (QED) is 0.829. The van der Waals surface area contributed by atoms with E-state index in [1.165, 1.54) is 6.20 Å². The number of hydrogen-bond acceptors (Lipinski definition) is 7. The Bertz CT molecular complexity index is 746. The molecule has 1 aliphatic heterocycles. The van der Waals surface area contributed by atoms with Crippen molar-refractivity contribution in [3.63, 3.8) is 0 Å². The van der Waals surface area contributed by atoms with Crippen molar-refractivity contribution in [2.75, 3.05) is 18.5 Å². The largest absolute Gasteiger partial charge is 0.462 e. The van der Waals surface area contributed by atoms with E-state index in [0.29, 0.717) is 30.4 Å². The molecule has 0 spiro atoms. The van der Waals surface area contributed by atoms with Gasteiger partial charge in [0, 0.05) is 37.7 Å². The van der Waals surface area contributed by atoms with E-state index in [4.69, 9.17) is 9.47 Å². The zero-order valence-corrected chi connectivity index (χ0v) is 14.7. The zero-order valence-electron chi connectivity index (χ0n) is 14.7. The standard InChI is InChI=1S/C17H23N5O3/c1-4-24-16(23)14-9-18-17(20-11(14)2)21-13-5-6-25-15(7-13)12-8-19-22(3)10-12/h8-10,13,15H,4-7H2,1-3H3,(H,18,20,21). The van der Waals surface area contributed by atoms with Gasteiger partial charge in [-0.25, -0.2) is 14.8 Å². The van der Waals surface area contributed by atoms with Crippen molar-refractivity contribution < 1.29 is 14.3 Å². The number of aromatic nitrogens is 4. The van der Waals surface area contributed by atoms with E-state index in [1.807, 2.05) is 19.4 Å². The van der Waals surface area contributed by atoms with E-state index in [2.05, 4.69) is 20.4 Å². The molecule has 8 nitrogen and oxygen atoms in total. The molecule has 0 amide bonds. The van der Waals surface area contributed by atoms with E-state index in [1.54, 1.807) is 18.5 Å². The van der Waals surface area contributed by atoms with Crippen molar-refractivity contribution >= 4 is 11.9 Å². The lowest BCUT2D eigenvalue weighted by molar-refractivity contribution is 0.00965. The normalized spacial score (nSPS) is 20.3. The Balaban J connectivity index is 1.65. The molecule has 0 bridgehead atoms. The molecule has 2 atom stereocenters. The smallest absolute Gasteiger partial charge is 0.341 e. The summed E-state index contributed by atoms with van der Waals surface area (Å²) in [6.45, 7) is 4.54. The second kappa shape index (κ2) is 7.60. The molecule has 2 unspecified atom stereocenters. The Morgan fingerprint density at radius 1 is 1.48 bits per heavy atom. The van der Waals surface area contributed by atoms with Crippen LogP contribution in [-0.4, -0.2) is 45.0 Å². The molecule has 3 rings (SSSR count). The van der Waals surface area contributed by atoms with E-state index in [-0.39, 0.29) is 12.1 Å². The zero-order chi connectivity index (χ0) is 17.8. The van der Waals surface area contributed by atoms with Crippen LogP contribution in [0.3, 0.4) is 0 Å². The summed E-state index contributed by atoms with van der Waals surface area (Å²) in [5, 5.41) is 7.55. The minimum Gasteiger partial charge on any atom is -0.462 e. The number of rotatable bonds is 5. The molecule has 2 aromatic heterocycles. The number of nitrogens with one attached hydrogen (secondary N) is 1. The summed E-state index contributed by atoms with van der Waals surface area (Å²) in [4.78, 5) is 20.5. The van der Waals surface area contributed by atoms with E-state index in [9.17, 15) is 4.79 Å². The monoisotopic (exact) mass is 345 g/mol. The molecule has 1 saturated heterocycles. The van der Waals surface area contributed by atoms with Crippen LogP contribution in [0.15, 0.2) is 18.6 Å². The molecular weight excluding hydrogens is 322 g/mol. The first-order valence-corrected chi connectivity index (χ1v) is 8.44. The molecule has 0 aromatic carbocycles. The van der Waals surface area contributed by atoms with Crippen molar-refractivity contribution in [2.45, 2.75) is 38.8 Å². The summed E-state index contributed by atoms with van der Waals surface area (Å²) in [5.74, 6) is 0.122. The van der Waals surface area contributed by atoms with Crippen LogP contribution in [0.5, 0.6) is 0 Å². The third-order valence-electron chi connectivity index (χ3n) is 4.19. The number of carbonyl (C=O) groups excluding carboxylic acids is 1. The van der Waals surface area contributed by atoms with Gasteiger partial charge in [-0.15, -0.1) is 0 Å². The first-order valence-electron chi connectivity index (χ1n) is 8.44. The van der Waals surface area contributed by atoms with Gasteiger partial charge < -0.3 is 14.8 Å². The van der Waals surface area contributed by atoms with Crippen molar-refractivity contribution in [3.8, 4) is 0 Å². The molecule has 3 heterocycles. The number of anilines is 1. The van der Waals surface area contributed by atoms with Gasteiger partial charge in [-0.1, -0.05) is 0 Å². The third-order valence-corrected chi connectivity index (χ3v) is 4.19. The minimum absolute atomic E-state index is 0.0138. The summed E-state index contributed by atoms with van der Waals surface area (Å²) in [7, 11) is 1.89. The predicted octanol–water partition coefficient (Wildman–Crippen LogP) is 2.03. The molecule has 1 fully saturated rings. The van der Waals surface area contributed by atoms with Gasteiger partial charge in [0.25, 0.3) is 0 Å². The van der Waals surface area contributed by atoms with Gasteiger partial charge >= 0.3 is 5.97 Å². The molecule has 134 valence electrons. The van der Waals surface area contributed by atoms with Gasteiger partial charge in [0.1, 0.15) is 0 Å². The first-order chi connectivity index (χ1) is 12.1. The number of ether oxygens (including phenoxy) is 2. The fraction of sp³-hybridized carbons (Fsp3) is 0.529. The lowest BCUT2D eigenvalue weighted by atomic mass is 10.00. The van der Waals surface area contributed by atoms with E-state index >= 15 is 0 Å². The maximum Gasteiger partial charge on any atom is 0.341 e. The fourth-order valence-corrected chi connectivity index (χ4v) is 2.90. The first kappa shape index (κ1) is 17.3. The average molecular weight is 345 g/mol. The maximum absolute atomic E-state index is 11.8. The molecule has 1 aliphatic rings. The minimum atomic E-state index is -0.394. The highest BCUT2D eigenvalue weighted by molar-refractivity contribution is 5.90. The van der Waals surface area contributed by atoms with Crippen molar-refractivity contribution in [3.05, 3.63) is 35.4 Å². The summed E-state index contributed by atoms with van der Waals surface area (Å²) in [5.41, 5.74) is 2.07. The summed E-state index contributed by atoms with van der Waals surface area (Å²) >= 11 is 0. The maximum atomic E-state index is 11.8. The highest BCUT2D eigenvalue weighted by atomic mass is 16.5. The van der Waals surface area contributed by atoms with Crippen molar-refractivity contribution in [1.82, 2.24) is 19.7 Å². The van der Waals surface area contributed by atoms with Gasteiger partial charge in [0.05, 0.1) is 30.2 Å². The van der Waals surface area contributed by atoms with Gasteiger partial charge in [-0.05, 0) is 26.7 Å². The number of carbonyl (C=O) groups is 1.